The number of hydrogen-bond acceptors (Lipinski definition) is 13. The number of aliphatic hydroxyl groups excluding tert-OH is 1. The first-order chi connectivity index (χ1) is 17.9. The average molecular weight is 534 g/mol. The molecule has 1 heterocycles. The Labute approximate surface area is 214 Å². The van der Waals surface area contributed by atoms with Gasteiger partial charge < -0.3 is 38.4 Å². The Morgan fingerprint density at radius 1 is 0.676 bits per heavy atom. The van der Waals surface area contributed by atoms with Gasteiger partial charge in [-0.2, -0.15) is 0 Å². The monoisotopic (exact) mass is 533 g/mol. The molecule has 14 nitrogen and oxygen atoms in total. The van der Waals surface area contributed by atoms with Gasteiger partial charge in [-0.3, -0.25) is 19.2 Å². The summed E-state index contributed by atoms with van der Waals surface area (Å²) in [6.45, 7) is 2.83. The zero-order valence-electron chi connectivity index (χ0n) is 20.8. The zero-order chi connectivity index (χ0) is 26.9. The molecule has 0 aromatic carbocycles. The highest BCUT2D eigenvalue weighted by atomic mass is 16.7. The topological polar surface area (TPSA) is 173 Å². The SMILES string of the molecule is O=C(CCOCCOCCOCCOCCOCCC(=O)ON1C(=O)CCC1=O)OC1C(=O)CCC1O. The number of Topliss-reactive ketones (excluding diaryl/α,β-unsaturated/α-hetero) is 1. The number of imide groups is 1. The molecule has 2 amide bonds. The molecule has 1 saturated carbocycles. The Morgan fingerprint density at radius 3 is 1.54 bits per heavy atom. The van der Waals surface area contributed by atoms with Gasteiger partial charge in [0, 0.05) is 19.3 Å². The summed E-state index contributed by atoms with van der Waals surface area (Å²) in [6, 6.07) is 0. The molecule has 2 fully saturated rings. The Balaban J connectivity index is 1.27. The first-order valence-corrected chi connectivity index (χ1v) is 12.2. The van der Waals surface area contributed by atoms with Crippen molar-refractivity contribution in [2.24, 2.45) is 0 Å². The maximum atomic E-state index is 11.7. The second kappa shape index (κ2) is 17.9. The van der Waals surface area contributed by atoms with Gasteiger partial charge >= 0.3 is 11.9 Å². The van der Waals surface area contributed by atoms with Crippen molar-refractivity contribution in [3.63, 3.8) is 0 Å². The summed E-state index contributed by atoms with van der Waals surface area (Å²) in [7, 11) is 0. The van der Waals surface area contributed by atoms with Crippen molar-refractivity contribution in [3.8, 4) is 0 Å². The predicted octanol–water partition coefficient (Wildman–Crippen LogP) is -0.908. The van der Waals surface area contributed by atoms with E-state index in [1.54, 1.807) is 0 Å². The fourth-order valence-corrected chi connectivity index (χ4v) is 3.24. The third kappa shape index (κ3) is 12.5. The van der Waals surface area contributed by atoms with E-state index in [0.29, 0.717) is 51.1 Å². The molecule has 2 unspecified atom stereocenters. The lowest BCUT2D eigenvalue weighted by Crippen LogP contribution is -2.32. The molecule has 0 spiro atoms. The van der Waals surface area contributed by atoms with Crippen molar-refractivity contribution in [2.75, 3.05) is 66.1 Å². The van der Waals surface area contributed by atoms with Crippen LogP contribution in [-0.4, -0.2) is 118 Å². The molecule has 0 radical (unpaired) electrons. The van der Waals surface area contributed by atoms with E-state index in [2.05, 4.69) is 0 Å². The minimum atomic E-state index is -1.05. The van der Waals surface area contributed by atoms with Gasteiger partial charge in [-0.1, -0.05) is 0 Å². The Kier molecular flexibility index (Phi) is 14.8. The lowest BCUT2D eigenvalue weighted by molar-refractivity contribution is -0.198. The molecule has 1 N–H and O–H groups in total. The zero-order valence-corrected chi connectivity index (χ0v) is 20.8. The molecule has 37 heavy (non-hydrogen) atoms. The van der Waals surface area contributed by atoms with E-state index in [9.17, 15) is 29.1 Å². The standard InChI is InChI=1S/C23H35NO13/c25-17-1-2-18(26)23(17)36-21(29)5-7-31-9-11-33-13-15-35-16-14-34-12-10-32-8-6-22(30)37-24-19(27)3-4-20(24)28/h17,23,25H,1-16H2. The summed E-state index contributed by atoms with van der Waals surface area (Å²) in [5.41, 5.74) is 0. The van der Waals surface area contributed by atoms with Gasteiger partial charge in [0.15, 0.2) is 11.9 Å². The van der Waals surface area contributed by atoms with Gasteiger partial charge in [0.05, 0.1) is 85.0 Å². The Hall–Kier alpha value is -2.49. The predicted molar refractivity (Wildman–Crippen MR) is 121 cm³/mol. The summed E-state index contributed by atoms with van der Waals surface area (Å²) in [5, 5.41) is 10.1. The maximum Gasteiger partial charge on any atom is 0.335 e. The van der Waals surface area contributed by atoms with Crippen molar-refractivity contribution in [1.82, 2.24) is 5.06 Å². The van der Waals surface area contributed by atoms with Crippen LogP contribution in [0.15, 0.2) is 0 Å². The van der Waals surface area contributed by atoms with Gasteiger partial charge in [-0.15, -0.1) is 5.06 Å². The average Bonchev–Trinajstić information content (AvgIpc) is 3.36. The van der Waals surface area contributed by atoms with E-state index >= 15 is 0 Å². The number of aliphatic hydroxyl groups is 1. The van der Waals surface area contributed by atoms with Crippen molar-refractivity contribution in [2.45, 2.75) is 50.7 Å². The van der Waals surface area contributed by atoms with Crippen LogP contribution in [0, 0.1) is 0 Å². The third-order valence-electron chi connectivity index (χ3n) is 5.20. The fraction of sp³-hybridized carbons (Fsp3) is 0.783. The lowest BCUT2D eigenvalue weighted by Gasteiger charge is -2.14. The largest absolute Gasteiger partial charge is 0.451 e. The number of hydroxylamine groups is 2. The molecule has 210 valence electrons. The number of ether oxygens (including phenoxy) is 6. The highest BCUT2D eigenvalue weighted by Gasteiger charge is 2.36. The first-order valence-electron chi connectivity index (χ1n) is 12.2. The molecule has 2 rings (SSSR count). The second-order valence-electron chi connectivity index (χ2n) is 8.09. The van der Waals surface area contributed by atoms with E-state index in [1.165, 1.54) is 0 Å². The smallest absolute Gasteiger partial charge is 0.335 e. The minimum absolute atomic E-state index is 0.0136. The molecule has 1 aliphatic heterocycles. The van der Waals surface area contributed by atoms with E-state index in [0.717, 1.165) is 0 Å². The van der Waals surface area contributed by atoms with E-state index in [4.69, 9.17) is 33.3 Å². The molecule has 2 aliphatic rings. The van der Waals surface area contributed by atoms with Gasteiger partial charge in [0.2, 0.25) is 0 Å². The third-order valence-corrected chi connectivity index (χ3v) is 5.20. The number of hydrogen-bond donors (Lipinski definition) is 1. The molecule has 0 aromatic heterocycles. The number of rotatable bonds is 20. The molecular formula is C23H35NO13. The molecule has 1 saturated heterocycles. The van der Waals surface area contributed by atoms with Gasteiger partial charge in [0.1, 0.15) is 0 Å². The van der Waals surface area contributed by atoms with Crippen molar-refractivity contribution < 1.29 is 62.3 Å². The van der Waals surface area contributed by atoms with Gasteiger partial charge in [0.25, 0.3) is 11.8 Å². The van der Waals surface area contributed by atoms with Crippen LogP contribution in [0.25, 0.3) is 0 Å². The number of ketones is 1. The number of nitrogens with zero attached hydrogens (tertiary/aromatic N) is 1. The van der Waals surface area contributed by atoms with Crippen molar-refractivity contribution >= 4 is 29.5 Å². The van der Waals surface area contributed by atoms with E-state index in [1.807, 2.05) is 0 Å². The molecule has 14 heteroatoms. The summed E-state index contributed by atoms with van der Waals surface area (Å²) in [6.07, 6.45) is -1.45. The summed E-state index contributed by atoms with van der Waals surface area (Å²) < 4.78 is 31.5. The molecule has 0 bridgehead atoms. The normalized spacial score (nSPS) is 19.6. The number of carbonyl (C=O) groups is 5. The first kappa shape index (κ1) is 30.7. The minimum Gasteiger partial charge on any atom is -0.451 e. The Bertz CT molecular complexity index is 743. The van der Waals surface area contributed by atoms with Gasteiger partial charge in [-0.25, -0.2) is 4.79 Å². The summed E-state index contributed by atoms with van der Waals surface area (Å²) in [5.74, 6) is -2.61. The van der Waals surface area contributed by atoms with Crippen LogP contribution < -0.4 is 0 Å². The Morgan fingerprint density at radius 2 is 1.11 bits per heavy atom. The molecule has 1 aliphatic carbocycles. The maximum absolute atomic E-state index is 11.7. The fourth-order valence-electron chi connectivity index (χ4n) is 3.24. The van der Waals surface area contributed by atoms with Crippen LogP contribution in [0.1, 0.15) is 38.5 Å². The van der Waals surface area contributed by atoms with Crippen LogP contribution in [-0.2, 0) is 57.2 Å². The number of esters is 1. The summed E-state index contributed by atoms with van der Waals surface area (Å²) in [4.78, 5) is 62.1. The number of amides is 2. The highest BCUT2D eigenvalue weighted by Crippen LogP contribution is 2.19. The number of carbonyl (C=O) groups excluding carboxylic acids is 5. The lowest BCUT2D eigenvalue weighted by atomic mass is 10.2. The molecular weight excluding hydrogens is 498 g/mol. The highest BCUT2D eigenvalue weighted by molar-refractivity contribution is 6.01. The summed E-state index contributed by atoms with van der Waals surface area (Å²) >= 11 is 0. The van der Waals surface area contributed by atoms with Crippen LogP contribution >= 0.6 is 0 Å². The van der Waals surface area contributed by atoms with Crippen LogP contribution in [0.4, 0.5) is 0 Å². The van der Waals surface area contributed by atoms with E-state index in [-0.39, 0.29) is 64.3 Å². The van der Waals surface area contributed by atoms with Crippen LogP contribution in [0.5, 0.6) is 0 Å². The van der Waals surface area contributed by atoms with Crippen LogP contribution in [0.2, 0.25) is 0 Å². The molecule has 0 aromatic rings. The van der Waals surface area contributed by atoms with E-state index < -0.39 is 36.0 Å². The van der Waals surface area contributed by atoms with Crippen molar-refractivity contribution in [3.05, 3.63) is 0 Å². The second-order valence-corrected chi connectivity index (χ2v) is 8.09. The van der Waals surface area contributed by atoms with Gasteiger partial charge in [-0.05, 0) is 6.42 Å². The molecule has 2 atom stereocenters. The van der Waals surface area contributed by atoms with Crippen molar-refractivity contribution in [1.29, 1.82) is 0 Å². The quantitative estimate of drug-likeness (QED) is 0.116. The van der Waals surface area contributed by atoms with Crippen LogP contribution in [0.3, 0.4) is 0 Å².